The highest BCUT2D eigenvalue weighted by Gasteiger charge is 2.35. The Kier molecular flexibility index (Phi) is 8.61. The average Bonchev–Trinajstić information content (AvgIpc) is 3.61. The van der Waals surface area contributed by atoms with Crippen LogP contribution in [0.2, 0.25) is 0 Å². The van der Waals surface area contributed by atoms with Gasteiger partial charge in [0.1, 0.15) is 11.6 Å². The number of esters is 1. The van der Waals surface area contributed by atoms with Crippen LogP contribution in [0.4, 0.5) is 4.39 Å². The molecule has 0 radical (unpaired) electrons. The van der Waals surface area contributed by atoms with Gasteiger partial charge in [-0.15, -0.1) is 0 Å². The molecule has 240 valence electrons. The first-order valence-corrected chi connectivity index (χ1v) is 16.6. The molecule has 1 atom stereocenters. The van der Waals surface area contributed by atoms with Crippen molar-refractivity contribution in [3.8, 4) is 5.75 Å². The minimum atomic E-state index is -0.784. The highest BCUT2D eigenvalue weighted by atomic mass is 32.1. The average molecular weight is 658 g/mol. The van der Waals surface area contributed by atoms with Gasteiger partial charge < -0.3 is 14.0 Å². The van der Waals surface area contributed by atoms with E-state index in [4.69, 9.17) is 14.5 Å². The number of benzene rings is 4. The summed E-state index contributed by atoms with van der Waals surface area (Å²) in [6.45, 7) is 4.90. The number of thiazole rings is 1. The third-order valence-electron chi connectivity index (χ3n) is 8.25. The van der Waals surface area contributed by atoms with Gasteiger partial charge in [-0.2, -0.15) is 0 Å². The fourth-order valence-electron chi connectivity index (χ4n) is 6.12. The highest BCUT2D eigenvalue weighted by molar-refractivity contribution is 7.07. The van der Waals surface area contributed by atoms with Crippen LogP contribution in [0.5, 0.6) is 5.75 Å². The lowest BCUT2D eigenvalue weighted by molar-refractivity contribution is -0.138. The van der Waals surface area contributed by atoms with E-state index in [2.05, 4.69) is 4.57 Å². The number of fused-ring (bicyclic) bond motifs is 2. The van der Waals surface area contributed by atoms with Crippen LogP contribution in [0.15, 0.2) is 125 Å². The third-order valence-corrected chi connectivity index (χ3v) is 9.24. The van der Waals surface area contributed by atoms with Gasteiger partial charge in [-0.3, -0.25) is 9.36 Å². The number of carbonyl (C=O) groups excluding carboxylic acids is 1. The van der Waals surface area contributed by atoms with Gasteiger partial charge in [-0.25, -0.2) is 14.2 Å². The summed E-state index contributed by atoms with van der Waals surface area (Å²) in [6, 6.07) is 30.6. The number of ether oxygens (including phenoxy) is 2. The molecule has 4 aromatic carbocycles. The van der Waals surface area contributed by atoms with Crippen molar-refractivity contribution in [3.63, 3.8) is 0 Å². The molecule has 48 heavy (non-hydrogen) atoms. The zero-order chi connectivity index (χ0) is 33.2. The minimum Gasteiger partial charge on any atom is -0.494 e. The molecule has 1 aliphatic rings. The smallest absolute Gasteiger partial charge is 0.338 e. The Balaban J connectivity index is 1.43. The summed E-state index contributed by atoms with van der Waals surface area (Å²) in [5.74, 6) is -0.120. The van der Waals surface area contributed by atoms with Crippen molar-refractivity contribution in [1.29, 1.82) is 0 Å². The van der Waals surface area contributed by atoms with Crippen molar-refractivity contribution in [2.45, 2.75) is 26.4 Å². The van der Waals surface area contributed by atoms with E-state index in [-0.39, 0.29) is 18.0 Å². The maximum atomic E-state index is 14.4. The van der Waals surface area contributed by atoms with E-state index in [1.165, 1.54) is 23.5 Å². The number of para-hydroxylation sites is 1. The predicted molar refractivity (Wildman–Crippen MR) is 186 cm³/mol. The van der Waals surface area contributed by atoms with Crippen molar-refractivity contribution in [3.05, 3.63) is 163 Å². The fraction of sp³-hybridized carbons (Fsp3) is 0.154. The Morgan fingerprint density at radius 3 is 2.38 bits per heavy atom. The number of aromatic nitrogens is 2. The number of rotatable bonds is 9. The molecule has 0 bridgehead atoms. The first-order valence-electron chi connectivity index (χ1n) is 15.8. The maximum Gasteiger partial charge on any atom is 0.338 e. The molecule has 7 nitrogen and oxygen atoms in total. The number of hydrogen-bond donors (Lipinski definition) is 0. The van der Waals surface area contributed by atoms with Crippen molar-refractivity contribution in [2.24, 2.45) is 4.99 Å². The van der Waals surface area contributed by atoms with Gasteiger partial charge >= 0.3 is 5.97 Å². The van der Waals surface area contributed by atoms with Crippen LogP contribution in [-0.2, 0) is 16.1 Å². The minimum absolute atomic E-state index is 0.173. The van der Waals surface area contributed by atoms with Crippen LogP contribution in [0.3, 0.4) is 0 Å². The monoisotopic (exact) mass is 657 g/mol. The van der Waals surface area contributed by atoms with Gasteiger partial charge in [0, 0.05) is 34.8 Å². The number of carbonyl (C=O) groups is 1. The van der Waals surface area contributed by atoms with E-state index in [1.54, 1.807) is 23.6 Å². The molecule has 0 saturated carbocycles. The van der Waals surface area contributed by atoms with Gasteiger partial charge in [0.15, 0.2) is 4.80 Å². The SMILES string of the molecule is CCOC(=O)C1=C(c2ccccc2)N=c2s/c(=C\c3cn(Cc4ccc(F)cc4)c4ccccc34)c(=O)n2[C@H]1c1ccc(OCC)cc1. The zero-order valence-corrected chi connectivity index (χ0v) is 27.2. The lowest BCUT2D eigenvalue weighted by Gasteiger charge is -2.26. The summed E-state index contributed by atoms with van der Waals surface area (Å²) >= 11 is 1.28. The van der Waals surface area contributed by atoms with Crippen LogP contribution < -0.4 is 19.6 Å². The van der Waals surface area contributed by atoms with Crippen LogP contribution in [0.25, 0.3) is 22.7 Å². The third kappa shape index (κ3) is 5.89. The molecular weight excluding hydrogens is 626 g/mol. The van der Waals surface area contributed by atoms with E-state index in [0.29, 0.717) is 39.5 Å². The van der Waals surface area contributed by atoms with E-state index in [1.807, 2.05) is 98.1 Å². The first-order chi connectivity index (χ1) is 23.4. The Bertz CT molecular complexity index is 2340. The van der Waals surface area contributed by atoms with Gasteiger partial charge in [0.05, 0.1) is 35.1 Å². The Morgan fingerprint density at radius 1 is 0.917 bits per heavy atom. The second-order valence-corrected chi connectivity index (χ2v) is 12.3. The maximum absolute atomic E-state index is 14.4. The standard InChI is InChI=1S/C39H32FN3O4S/c1-3-46-30-20-16-27(17-21-30)36-34(38(45)47-4-2)35(26-10-6-5-7-11-26)41-39-43(36)37(44)33(48-39)22-28-24-42(32-13-9-8-12-31(28)32)23-25-14-18-29(40)19-15-25/h5-22,24,36H,3-4,23H2,1-2H3/b33-22-/t36-/m0/s1. The number of nitrogens with zero attached hydrogens (tertiary/aromatic N) is 3. The quantitative estimate of drug-likeness (QED) is 0.167. The van der Waals surface area contributed by atoms with Crippen molar-refractivity contribution in [1.82, 2.24) is 9.13 Å². The molecule has 0 saturated heterocycles. The lowest BCUT2D eigenvalue weighted by atomic mass is 9.93. The molecular formula is C39H32FN3O4S. The normalized spacial score (nSPS) is 14.6. The topological polar surface area (TPSA) is 74.8 Å². The molecule has 2 aromatic heterocycles. The van der Waals surface area contributed by atoms with Crippen molar-refractivity contribution < 1.29 is 18.7 Å². The second kappa shape index (κ2) is 13.3. The van der Waals surface area contributed by atoms with E-state index in [9.17, 15) is 14.0 Å². The van der Waals surface area contributed by atoms with Crippen LogP contribution >= 0.6 is 11.3 Å². The lowest BCUT2D eigenvalue weighted by Crippen LogP contribution is -2.40. The highest BCUT2D eigenvalue weighted by Crippen LogP contribution is 2.36. The van der Waals surface area contributed by atoms with Gasteiger partial charge in [0.2, 0.25) is 0 Å². The van der Waals surface area contributed by atoms with Crippen LogP contribution in [0, 0.1) is 5.82 Å². The van der Waals surface area contributed by atoms with Gasteiger partial charge in [-0.1, -0.05) is 84.1 Å². The molecule has 9 heteroatoms. The zero-order valence-electron chi connectivity index (χ0n) is 26.4. The molecule has 0 unspecified atom stereocenters. The molecule has 0 aliphatic carbocycles. The summed E-state index contributed by atoms with van der Waals surface area (Å²) in [7, 11) is 0. The van der Waals surface area contributed by atoms with E-state index >= 15 is 0 Å². The Labute approximate surface area is 280 Å². The molecule has 6 aromatic rings. The molecule has 0 fully saturated rings. The molecule has 1 aliphatic heterocycles. The number of halogens is 1. The summed E-state index contributed by atoms with van der Waals surface area (Å²) in [5.41, 5.74) is 4.79. The summed E-state index contributed by atoms with van der Waals surface area (Å²) in [5, 5.41) is 0.977. The first kappa shape index (κ1) is 31.1. The van der Waals surface area contributed by atoms with E-state index in [0.717, 1.165) is 33.2 Å². The van der Waals surface area contributed by atoms with Gasteiger partial charge in [-0.05, 0) is 61.4 Å². The Hall–Kier alpha value is -5.54. The summed E-state index contributed by atoms with van der Waals surface area (Å²) in [6.07, 6.45) is 3.90. The van der Waals surface area contributed by atoms with Crippen LogP contribution in [-0.4, -0.2) is 28.3 Å². The van der Waals surface area contributed by atoms with E-state index < -0.39 is 12.0 Å². The van der Waals surface area contributed by atoms with Crippen molar-refractivity contribution in [2.75, 3.05) is 13.2 Å². The molecule has 0 amide bonds. The van der Waals surface area contributed by atoms with Gasteiger partial charge in [0.25, 0.3) is 5.56 Å². The molecule has 7 rings (SSSR count). The summed E-state index contributed by atoms with van der Waals surface area (Å²) < 4.78 is 29.0. The van der Waals surface area contributed by atoms with Crippen LogP contribution in [0.1, 0.15) is 42.1 Å². The second-order valence-electron chi connectivity index (χ2n) is 11.3. The fourth-order valence-corrected chi connectivity index (χ4v) is 7.11. The molecule has 0 N–H and O–H groups in total. The summed E-state index contributed by atoms with van der Waals surface area (Å²) in [4.78, 5) is 33.6. The predicted octanol–water partition coefficient (Wildman–Crippen LogP) is 6.48. The number of hydrogen-bond acceptors (Lipinski definition) is 6. The molecule has 0 spiro atoms. The molecule has 3 heterocycles. The Morgan fingerprint density at radius 2 is 1.65 bits per heavy atom. The largest absolute Gasteiger partial charge is 0.494 e. The van der Waals surface area contributed by atoms with Crippen molar-refractivity contribution >= 4 is 40.0 Å².